The van der Waals surface area contributed by atoms with Crippen LogP contribution in [0.1, 0.15) is 45.1 Å². The molecular weight excluding hydrogens is 246 g/mol. The first-order valence-electron chi connectivity index (χ1n) is 6.78. The Hall–Kier alpha value is -0.730. The van der Waals surface area contributed by atoms with Gasteiger partial charge in [0.25, 0.3) is 0 Å². The Kier molecular flexibility index (Phi) is 4.18. The van der Waals surface area contributed by atoms with Gasteiger partial charge in [-0.1, -0.05) is 24.9 Å². The Morgan fingerprint density at radius 1 is 1.44 bits per heavy atom. The number of anilines is 1. The van der Waals surface area contributed by atoms with Crippen molar-refractivity contribution in [2.24, 2.45) is 0 Å². The largest absolute Gasteiger partial charge is 0.392 e. The van der Waals surface area contributed by atoms with Crippen LogP contribution in [0, 0.1) is 0 Å². The fourth-order valence-corrected chi connectivity index (χ4v) is 2.99. The predicted octanol–water partition coefficient (Wildman–Crippen LogP) is 3.81. The summed E-state index contributed by atoms with van der Waals surface area (Å²) in [6.45, 7) is 7.38. The molecule has 1 N–H and O–H groups in total. The summed E-state index contributed by atoms with van der Waals surface area (Å²) in [5.74, 6) is 0.195. The second-order valence-corrected chi connectivity index (χ2v) is 5.85. The Morgan fingerprint density at radius 2 is 2.17 bits per heavy atom. The molecule has 2 rings (SSSR count). The lowest BCUT2D eigenvalue weighted by Gasteiger charge is -2.25. The zero-order valence-electron chi connectivity index (χ0n) is 11.4. The first kappa shape index (κ1) is 13.7. The van der Waals surface area contributed by atoms with Gasteiger partial charge in [-0.3, -0.25) is 0 Å². The van der Waals surface area contributed by atoms with Crippen LogP contribution in [0.4, 0.5) is 5.69 Å². The lowest BCUT2D eigenvalue weighted by molar-refractivity contribution is 0.137. The van der Waals surface area contributed by atoms with E-state index in [1.54, 1.807) is 0 Å². The third kappa shape index (κ3) is 2.50. The van der Waals surface area contributed by atoms with Crippen molar-refractivity contribution in [3.8, 4) is 0 Å². The van der Waals surface area contributed by atoms with E-state index >= 15 is 0 Å². The molecule has 0 spiro atoms. The standard InChI is InChI=1S/C15H22ClNO/c1-4-5-15(18)13-9-17(10(2)3)14-7-6-11(16)8-12(13)14/h6-8,10,13,15,18H,4-5,9H2,1-3H3/t13-,15-/m0/s1. The fraction of sp³-hybridized carbons (Fsp3) is 0.600. The highest BCUT2D eigenvalue weighted by atomic mass is 35.5. The first-order chi connectivity index (χ1) is 8.54. The maximum Gasteiger partial charge on any atom is 0.0626 e. The van der Waals surface area contributed by atoms with Crippen LogP contribution < -0.4 is 4.90 Å². The maximum atomic E-state index is 10.3. The number of hydrogen-bond acceptors (Lipinski definition) is 2. The number of aliphatic hydroxyl groups excluding tert-OH is 1. The van der Waals surface area contributed by atoms with Crippen molar-refractivity contribution in [1.29, 1.82) is 0 Å². The number of hydrogen-bond donors (Lipinski definition) is 1. The van der Waals surface area contributed by atoms with Gasteiger partial charge in [0, 0.05) is 29.2 Å². The average Bonchev–Trinajstić information content (AvgIpc) is 2.68. The average molecular weight is 268 g/mol. The lowest BCUT2D eigenvalue weighted by Crippen LogP contribution is -2.32. The fourth-order valence-electron chi connectivity index (χ4n) is 2.81. The van der Waals surface area contributed by atoms with Gasteiger partial charge in [0.2, 0.25) is 0 Å². The van der Waals surface area contributed by atoms with Gasteiger partial charge in [-0.05, 0) is 44.0 Å². The molecule has 1 aromatic rings. The predicted molar refractivity (Wildman–Crippen MR) is 77.6 cm³/mol. The minimum Gasteiger partial charge on any atom is -0.392 e. The number of halogens is 1. The minimum absolute atomic E-state index is 0.195. The van der Waals surface area contributed by atoms with E-state index in [0.717, 1.165) is 24.4 Å². The number of nitrogens with zero attached hydrogens (tertiary/aromatic N) is 1. The zero-order chi connectivity index (χ0) is 13.3. The van der Waals surface area contributed by atoms with Crippen molar-refractivity contribution in [2.45, 2.75) is 51.7 Å². The molecule has 0 bridgehead atoms. The highest BCUT2D eigenvalue weighted by Gasteiger charge is 2.34. The molecule has 0 saturated heterocycles. The van der Waals surface area contributed by atoms with Crippen LogP contribution in [0.15, 0.2) is 18.2 Å². The quantitative estimate of drug-likeness (QED) is 0.897. The van der Waals surface area contributed by atoms with E-state index in [1.807, 2.05) is 12.1 Å². The van der Waals surface area contributed by atoms with Gasteiger partial charge >= 0.3 is 0 Å². The highest BCUT2D eigenvalue weighted by Crippen LogP contribution is 2.41. The molecule has 2 atom stereocenters. The molecule has 18 heavy (non-hydrogen) atoms. The smallest absolute Gasteiger partial charge is 0.0626 e. The van der Waals surface area contributed by atoms with Crippen LogP contribution in [0.25, 0.3) is 0 Å². The van der Waals surface area contributed by atoms with Crippen LogP contribution in [0.2, 0.25) is 5.02 Å². The van der Waals surface area contributed by atoms with E-state index in [-0.39, 0.29) is 12.0 Å². The van der Waals surface area contributed by atoms with E-state index in [2.05, 4.69) is 31.7 Å². The molecule has 1 aliphatic heterocycles. The molecule has 100 valence electrons. The molecule has 0 aliphatic carbocycles. The Morgan fingerprint density at radius 3 is 2.78 bits per heavy atom. The summed E-state index contributed by atoms with van der Waals surface area (Å²) < 4.78 is 0. The van der Waals surface area contributed by atoms with Crippen LogP contribution in [0.5, 0.6) is 0 Å². The summed E-state index contributed by atoms with van der Waals surface area (Å²) in [5.41, 5.74) is 2.44. The number of rotatable bonds is 4. The van der Waals surface area contributed by atoms with Gasteiger partial charge in [0.1, 0.15) is 0 Å². The molecule has 3 heteroatoms. The van der Waals surface area contributed by atoms with Gasteiger partial charge in [0.05, 0.1) is 6.10 Å². The van der Waals surface area contributed by atoms with Crippen LogP contribution in [-0.2, 0) is 0 Å². The van der Waals surface area contributed by atoms with Gasteiger partial charge in [0.15, 0.2) is 0 Å². The van der Waals surface area contributed by atoms with Crippen molar-refractivity contribution in [3.63, 3.8) is 0 Å². The van der Waals surface area contributed by atoms with Gasteiger partial charge in [-0.15, -0.1) is 0 Å². The summed E-state index contributed by atoms with van der Waals surface area (Å²) in [6, 6.07) is 6.48. The van der Waals surface area contributed by atoms with E-state index < -0.39 is 0 Å². The first-order valence-corrected chi connectivity index (χ1v) is 7.16. The molecule has 0 saturated carbocycles. The van der Waals surface area contributed by atoms with E-state index in [0.29, 0.717) is 6.04 Å². The molecule has 1 heterocycles. The molecule has 0 unspecified atom stereocenters. The van der Waals surface area contributed by atoms with Crippen LogP contribution in [0.3, 0.4) is 0 Å². The second-order valence-electron chi connectivity index (χ2n) is 5.41. The van der Waals surface area contributed by atoms with Crippen molar-refractivity contribution in [1.82, 2.24) is 0 Å². The summed E-state index contributed by atoms with van der Waals surface area (Å²) >= 11 is 6.10. The minimum atomic E-state index is -0.268. The Labute approximate surface area is 115 Å². The summed E-state index contributed by atoms with van der Waals surface area (Å²) in [6.07, 6.45) is 1.59. The van der Waals surface area contributed by atoms with Crippen molar-refractivity contribution in [3.05, 3.63) is 28.8 Å². The number of fused-ring (bicyclic) bond motifs is 1. The molecule has 0 amide bonds. The molecule has 0 fully saturated rings. The SMILES string of the molecule is CCC[C@H](O)[C@H]1CN(C(C)C)c2ccc(Cl)cc21. The normalized spacial score (nSPS) is 20.3. The monoisotopic (exact) mass is 267 g/mol. The van der Waals surface area contributed by atoms with Crippen molar-refractivity contribution < 1.29 is 5.11 Å². The molecular formula is C15H22ClNO. The van der Waals surface area contributed by atoms with E-state index in [4.69, 9.17) is 11.6 Å². The molecule has 1 aliphatic rings. The van der Waals surface area contributed by atoms with Crippen molar-refractivity contribution in [2.75, 3.05) is 11.4 Å². The lowest BCUT2D eigenvalue weighted by atomic mass is 9.93. The molecule has 0 radical (unpaired) electrons. The highest BCUT2D eigenvalue weighted by molar-refractivity contribution is 6.30. The molecule has 2 nitrogen and oxygen atoms in total. The topological polar surface area (TPSA) is 23.5 Å². The second kappa shape index (κ2) is 5.50. The van der Waals surface area contributed by atoms with Gasteiger partial charge in [-0.25, -0.2) is 0 Å². The third-order valence-corrected chi connectivity index (χ3v) is 4.00. The summed E-state index contributed by atoms with van der Waals surface area (Å²) in [4.78, 5) is 2.36. The van der Waals surface area contributed by atoms with E-state index in [9.17, 15) is 5.11 Å². The van der Waals surface area contributed by atoms with Crippen LogP contribution >= 0.6 is 11.6 Å². The van der Waals surface area contributed by atoms with E-state index in [1.165, 1.54) is 11.3 Å². The van der Waals surface area contributed by atoms with Crippen molar-refractivity contribution >= 4 is 17.3 Å². The zero-order valence-corrected chi connectivity index (χ0v) is 12.1. The Bertz CT molecular complexity index is 419. The maximum absolute atomic E-state index is 10.3. The number of aliphatic hydroxyl groups is 1. The van der Waals surface area contributed by atoms with Crippen LogP contribution in [-0.4, -0.2) is 23.8 Å². The molecule has 0 aromatic heterocycles. The summed E-state index contributed by atoms with van der Waals surface area (Å²) in [5, 5.41) is 11.1. The third-order valence-electron chi connectivity index (χ3n) is 3.76. The summed E-state index contributed by atoms with van der Waals surface area (Å²) in [7, 11) is 0. The van der Waals surface area contributed by atoms with Gasteiger partial charge < -0.3 is 10.0 Å². The van der Waals surface area contributed by atoms with Gasteiger partial charge in [-0.2, -0.15) is 0 Å². The molecule has 1 aromatic carbocycles. The number of benzene rings is 1. The Balaban J connectivity index is 2.34.